The Morgan fingerprint density at radius 3 is 2.14 bits per heavy atom. The molecule has 0 N–H and O–H groups in total. The molecule has 2 saturated carbocycles. The summed E-state index contributed by atoms with van der Waals surface area (Å²) in [7, 11) is 0. The normalized spacial score (nSPS) is 31.9. The van der Waals surface area contributed by atoms with Gasteiger partial charge < -0.3 is 0 Å². The lowest BCUT2D eigenvalue weighted by Crippen LogP contribution is -2.25. The van der Waals surface area contributed by atoms with E-state index in [2.05, 4.69) is 18.8 Å². The molecule has 0 aromatic heterocycles. The Morgan fingerprint density at radius 2 is 1.54 bits per heavy atom. The highest BCUT2D eigenvalue weighted by atomic mass is 19.2. The minimum Gasteiger partial charge on any atom is -0.208 e. The molecule has 3 aliphatic rings. The summed E-state index contributed by atoms with van der Waals surface area (Å²) >= 11 is 0. The van der Waals surface area contributed by atoms with Crippen LogP contribution in [0.3, 0.4) is 0 Å². The lowest BCUT2D eigenvalue weighted by Gasteiger charge is -2.37. The third kappa shape index (κ3) is 5.91. The first-order valence-corrected chi connectivity index (χ1v) is 11.4. The van der Waals surface area contributed by atoms with Gasteiger partial charge in [0, 0.05) is 12.3 Å². The van der Waals surface area contributed by atoms with Gasteiger partial charge in [-0.15, -0.1) is 0 Å². The Labute approximate surface area is 169 Å². The van der Waals surface area contributed by atoms with Crippen LogP contribution in [0.5, 0.6) is 0 Å². The lowest BCUT2D eigenvalue weighted by atomic mass is 9.68. The van der Waals surface area contributed by atoms with E-state index >= 15 is 0 Å². The van der Waals surface area contributed by atoms with E-state index in [9.17, 15) is 13.2 Å². The molecule has 0 atom stereocenters. The molecule has 0 amide bonds. The van der Waals surface area contributed by atoms with E-state index in [4.69, 9.17) is 0 Å². The number of allylic oxidation sites excluding steroid dienone is 4. The van der Waals surface area contributed by atoms with E-state index in [1.54, 1.807) is 0 Å². The van der Waals surface area contributed by atoms with Crippen LogP contribution >= 0.6 is 0 Å². The highest BCUT2D eigenvalue weighted by Gasteiger charge is 2.30. The molecule has 1 radical (unpaired) electrons. The summed E-state index contributed by atoms with van der Waals surface area (Å²) in [5, 5.41) is 0. The second kappa shape index (κ2) is 10.6. The van der Waals surface area contributed by atoms with Gasteiger partial charge in [-0.3, -0.25) is 0 Å². The smallest absolute Gasteiger partial charge is 0.189 e. The molecule has 2 fully saturated rings. The summed E-state index contributed by atoms with van der Waals surface area (Å²) in [6.45, 7) is 2.27. The predicted octanol–water partition coefficient (Wildman–Crippen LogP) is 8.17. The molecule has 3 aliphatic carbocycles. The molecule has 0 aromatic carbocycles. The van der Waals surface area contributed by atoms with E-state index in [1.807, 2.05) is 0 Å². The third-order valence-electron chi connectivity index (χ3n) is 7.08. The summed E-state index contributed by atoms with van der Waals surface area (Å²) in [5.74, 6) is 5.90. The Bertz CT molecular complexity index is 620. The van der Waals surface area contributed by atoms with Crippen molar-refractivity contribution >= 4 is 0 Å². The van der Waals surface area contributed by atoms with E-state index in [1.165, 1.54) is 64.2 Å². The molecule has 0 saturated heterocycles. The van der Waals surface area contributed by atoms with Crippen molar-refractivity contribution in [3.8, 4) is 11.8 Å². The predicted molar refractivity (Wildman–Crippen MR) is 109 cm³/mol. The highest BCUT2D eigenvalue weighted by molar-refractivity contribution is 5.43. The van der Waals surface area contributed by atoms with Crippen molar-refractivity contribution in [3.63, 3.8) is 0 Å². The molecular formula is C25H34F3. The van der Waals surface area contributed by atoms with Gasteiger partial charge in [-0.25, -0.2) is 13.2 Å². The Kier molecular flexibility index (Phi) is 8.12. The Balaban J connectivity index is 1.39. The van der Waals surface area contributed by atoms with E-state index < -0.39 is 17.5 Å². The van der Waals surface area contributed by atoms with Gasteiger partial charge in [-0.05, 0) is 62.4 Å². The molecule has 0 aromatic rings. The topological polar surface area (TPSA) is 0 Å². The molecule has 0 aliphatic heterocycles. The SMILES string of the molecule is CCCCC[C@H]1CC[C@H](C2CCC(C#C[C]3C=C(F)C(F)=C(F)C3)CC2)CC1. The maximum atomic E-state index is 13.3. The zero-order chi connectivity index (χ0) is 19.9. The van der Waals surface area contributed by atoms with Crippen LogP contribution in [0.2, 0.25) is 0 Å². The average Bonchev–Trinajstić information content (AvgIpc) is 2.71. The van der Waals surface area contributed by atoms with Crippen LogP contribution in [-0.4, -0.2) is 0 Å². The molecule has 0 unspecified atom stereocenters. The number of unbranched alkanes of at least 4 members (excludes halogenated alkanes) is 2. The quantitative estimate of drug-likeness (QED) is 0.327. The molecule has 155 valence electrons. The third-order valence-corrected chi connectivity index (χ3v) is 7.08. The van der Waals surface area contributed by atoms with Gasteiger partial charge in [-0.1, -0.05) is 57.3 Å². The summed E-state index contributed by atoms with van der Waals surface area (Å²) in [6.07, 6.45) is 16.6. The van der Waals surface area contributed by atoms with Crippen molar-refractivity contribution in [2.24, 2.45) is 23.7 Å². The average molecular weight is 392 g/mol. The molecule has 0 spiro atoms. The fourth-order valence-electron chi connectivity index (χ4n) is 5.28. The van der Waals surface area contributed by atoms with Crippen LogP contribution in [0.4, 0.5) is 13.2 Å². The molecule has 28 heavy (non-hydrogen) atoms. The van der Waals surface area contributed by atoms with E-state index in [0.29, 0.717) is 11.8 Å². The second-order valence-corrected chi connectivity index (χ2v) is 9.07. The van der Waals surface area contributed by atoms with Gasteiger partial charge in [0.05, 0.1) is 5.92 Å². The van der Waals surface area contributed by atoms with Gasteiger partial charge >= 0.3 is 0 Å². The monoisotopic (exact) mass is 391 g/mol. The van der Waals surface area contributed by atoms with Gasteiger partial charge in [0.2, 0.25) is 0 Å². The number of hydrogen-bond acceptors (Lipinski definition) is 0. The maximum Gasteiger partial charge on any atom is 0.189 e. The number of halogens is 3. The summed E-state index contributed by atoms with van der Waals surface area (Å²) < 4.78 is 39.7. The van der Waals surface area contributed by atoms with Crippen molar-refractivity contribution in [1.82, 2.24) is 0 Å². The minimum atomic E-state index is -1.37. The first-order valence-electron chi connectivity index (χ1n) is 11.4. The Morgan fingerprint density at radius 1 is 0.893 bits per heavy atom. The molecular weight excluding hydrogens is 357 g/mol. The van der Waals surface area contributed by atoms with E-state index in [-0.39, 0.29) is 6.42 Å². The van der Waals surface area contributed by atoms with Gasteiger partial charge in [0.15, 0.2) is 11.7 Å². The zero-order valence-corrected chi connectivity index (χ0v) is 17.2. The van der Waals surface area contributed by atoms with Crippen molar-refractivity contribution in [3.05, 3.63) is 29.5 Å². The fourth-order valence-corrected chi connectivity index (χ4v) is 5.28. The van der Waals surface area contributed by atoms with Crippen molar-refractivity contribution < 1.29 is 13.2 Å². The van der Waals surface area contributed by atoms with Crippen LogP contribution in [0.1, 0.15) is 90.4 Å². The molecule has 0 heterocycles. The van der Waals surface area contributed by atoms with Gasteiger partial charge in [0.25, 0.3) is 0 Å². The second-order valence-electron chi connectivity index (χ2n) is 9.07. The molecule has 3 rings (SSSR count). The first kappa shape index (κ1) is 21.5. The van der Waals surface area contributed by atoms with Crippen LogP contribution in [-0.2, 0) is 0 Å². The maximum absolute atomic E-state index is 13.3. The van der Waals surface area contributed by atoms with Gasteiger partial charge in [0.1, 0.15) is 5.83 Å². The van der Waals surface area contributed by atoms with Crippen LogP contribution in [0.15, 0.2) is 23.6 Å². The van der Waals surface area contributed by atoms with Crippen molar-refractivity contribution in [2.45, 2.75) is 90.4 Å². The zero-order valence-electron chi connectivity index (χ0n) is 17.2. The summed E-state index contributed by atoms with van der Waals surface area (Å²) in [5.41, 5.74) is 0. The molecule has 3 heteroatoms. The van der Waals surface area contributed by atoms with Crippen LogP contribution in [0, 0.1) is 41.4 Å². The first-order chi connectivity index (χ1) is 13.6. The van der Waals surface area contributed by atoms with Crippen LogP contribution in [0.25, 0.3) is 0 Å². The van der Waals surface area contributed by atoms with E-state index in [0.717, 1.165) is 36.7 Å². The van der Waals surface area contributed by atoms with Gasteiger partial charge in [-0.2, -0.15) is 0 Å². The lowest BCUT2D eigenvalue weighted by molar-refractivity contribution is 0.153. The highest BCUT2D eigenvalue weighted by Crippen LogP contribution is 2.42. The fraction of sp³-hybridized carbons (Fsp3) is 0.720. The summed E-state index contributed by atoms with van der Waals surface area (Å²) in [6, 6.07) is 0. The molecule has 0 nitrogen and oxygen atoms in total. The largest absolute Gasteiger partial charge is 0.208 e. The van der Waals surface area contributed by atoms with Crippen LogP contribution < -0.4 is 0 Å². The van der Waals surface area contributed by atoms with Crippen molar-refractivity contribution in [2.75, 3.05) is 0 Å². The molecule has 0 bridgehead atoms. The Hall–Kier alpha value is -1.17. The number of rotatable bonds is 5. The van der Waals surface area contributed by atoms with Crippen molar-refractivity contribution in [1.29, 1.82) is 0 Å². The summed E-state index contributed by atoms with van der Waals surface area (Å²) in [4.78, 5) is 0. The number of hydrogen-bond donors (Lipinski definition) is 0. The minimum absolute atomic E-state index is 0.219. The standard InChI is InChI=1S/C25H34F3/c1-2-3-4-5-18-8-12-21(13-9-18)22-14-10-19(11-15-22)6-7-20-16-23(26)25(28)24(27)17-20/h16,18-19,21-22H,2-5,8-15,17H2,1H3/t18-,19?,21-,22?.